The van der Waals surface area contributed by atoms with Crippen LogP contribution in [-0.4, -0.2) is 17.6 Å². The summed E-state index contributed by atoms with van der Waals surface area (Å²) in [5.41, 5.74) is 1.67. The van der Waals surface area contributed by atoms with Gasteiger partial charge in [0.1, 0.15) is 5.41 Å². The highest BCUT2D eigenvalue weighted by atomic mass is 16.2. The number of Topliss-reactive ketones (excluding diaryl/α,β-unsaturated/α-hetero) is 1. The smallest absolute Gasteiger partial charge is 0.240 e. The molecule has 5 heteroatoms. The summed E-state index contributed by atoms with van der Waals surface area (Å²) in [5.74, 6) is -0.698. The molecule has 0 bridgehead atoms. The van der Waals surface area contributed by atoms with Crippen molar-refractivity contribution in [2.45, 2.75) is 26.7 Å². The summed E-state index contributed by atoms with van der Waals surface area (Å²) in [6, 6.07) is 14.2. The van der Waals surface area contributed by atoms with Crippen molar-refractivity contribution in [3.05, 3.63) is 59.7 Å². The fraction of sp³-hybridized carbons (Fsp3) is 0.250. The van der Waals surface area contributed by atoms with E-state index in [4.69, 9.17) is 0 Å². The van der Waals surface area contributed by atoms with E-state index in [0.717, 1.165) is 5.56 Å². The Balaban J connectivity index is 1.73. The predicted octanol–water partition coefficient (Wildman–Crippen LogP) is 3.56. The summed E-state index contributed by atoms with van der Waals surface area (Å²) in [5, 5.41) is 5.62. The number of anilines is 2. The first-order valence-electron chi connectivity index (χ1n) is 8.22. The first-order valence-corrected chi connectivity index (χ1v) is 8.22. The van der Waals surface area contributed by atoms with Crippen LogP contribution >= 0.6 is 0 Å². The topological polar surface area (TPSA) is 75.3 Å². The Morgan fingerprint density at radius 2 is 1.60 bits per heavy atom. The third kappa shape index (κ3) is 3.45. The first-order chi connectivity index (χ1) is 11.9. The predicted molar refractivity (Wildman–Crippen MR) is 96.6 cm³/mol. The van der Waals surface area contributed by atoms with Crippen molar-refractivity contribution >= 4 is 29.0 Å². The average Bonchev–Trinajstić information content (AvgIpc) is 3.39. The number of rotatable bonds is 5. The van der Waals surface area contributed by atoms with Gasteiger partial charge >= 0.3 is 0 Å². The van der Waals surface area contributed by atoms with Crippen LogP contribution in [0.2, 0.25) is 0 Å². The van der Waals surface area contributed by atoms with Crippen LogP contribution in [0.15, 0.2) is 48.5 Å². The van der Waals surface area contributed by atoms with Crippen LogP contribution in [0.3, 0.4) is 0 Å². The third-order valence-electron chi connectivity index (χ3n) is 4.54. The molecule has 2 aromatic carbocycles. The fourth-order valence-corrected chi connectivity index (χ4v) is 2.70. The van der Waals surface area contributed by atoms with E-state index >= 15 is 0 Å². The highest BCUT2D eigenvalue weighted by Crippen LogP contribution is 2.47. The lowest BCUT2D eigenvalue weighted by molar-refractivity contribution is -0.131. The molecular weight excluding hydrogens is 316 g/mol. The molecule has 25 heavy (non-hydrogen) atoms. The molecular formula is C20H20N2O3. The molecule has 0 saturated heterocycles. The molecule has 2 aromatic rings. The zero-order chi connectivity index (χ0) is 18.0. The maximum absolute atomic E-state index is 12.6. The van der Waals surface area contributed by atoms with Crippen molar-refractivity contribution in [1.82, 2.24) is 0 Å². The van der Waals surface area contributed by atoms with Gasteiger partial charge in [-0.25, -0.2) is 0 Å². The van der Waals surface area contributed by atoms with E-state index in [9.17, 15) is 14.4 Å². The van der Waals surface area contributed by atoms with Gasteiger partial charge in [-0.15, -0.1) is 0 Å². The van der Waals surface area contributed by atoms with Crippen molar-refractivity contribution in [3.63, 3.8) is 0 Å². The summed E-state index contributed by atoms with van der Waals surface area (Å²) in [4.78, 5) is 36.7. The van der Waals surface area contributed by atoms with Gasteiger partial charge in [-0.05, 0) is 50.5 Å². The van der Waals surface area contributed by atoms with Gasteiger partial charge in [0.2, 0.25) is 11.8 Å². The number of aryl methyl sites for hydroxylation is 1. The highest BCUT2D eigenvalue weighted by Gasteiger charge is 2.56. The minimum Gasteiger partial charge on any atom is -0.325 e. The SMILES string of the molecule is CC(=O)c1cccc(NC(=O)C2(C(=O)Nc3ccccc3C)CC2)c1. The second-order valence-corrected chi connectivity index (χ2v) is 6.44. The van der Waals surface area contributed by atoms with Crippen molar-refractivity contribution < 1.29 is 14.4 Å². The molecule has 0 aliphatic heterocycles. The van der Waals surface area contributed by atoms with Gasteiger partial charge in [0.25, 0.3) is 0 Å². The molecule has 0 atom stereocenters. The van der Waals surface area contributed by atoms with Crippen LogP contribution in [0, 0.1) is 12.3 Å². The maximum atomic E-state index is 12.6. The van der Waals surface area contributed by atoms with E-state index in [1.807, 2.05) is 31.2 Å². The van der Waals surface area contributed by atoms with E-state index in [2.05, 4.69) is 10.6 Å². The lowest BCUT2D eigenvalue weighted by Crippen LogP contribution is -2.35. The van der Waals surface area contributed by atoms with Gasteiger partial charge in [-0.1, -0.05) is 30.3 Å². The Hall–Kier alpha value is -2.95. The monoisotopic (exact) mass is 336 g/mol. The molecule has 2 N–H and O–H groups in total. The van der Waals surface area contributed by atoms with E-state index in [1.54, 1.807) is 24.3 Å². The zero-order valence-electron chi connectivity index (χ0n) is 14.3. The zero-order valence-corrected chi connectivity index (χ0v) is 14.3. The second kappa shape index (κ2) is 6.51. The quantitative estimate of drug-likeness (QED) is 0.647. The van der Waals surface area contributed by atoms with E-state index < -0.39 is 5.41 Å². The maximum Gasteiger partial charge on any atom is 0.240 e. The van der Waals surface area contributed by atoms with Gasteiger partial charge in [0.05, 0.1) is 0 Å². The summed E-state index contributed by atoms with van der Waals surface area (Å²) in [7, 11) is 0. The van der Waals surface area contributed by atoms with Gasteiger partial charge in [-0.2, -0.15) is 0 Å². The fourth-order valence-electron chi connectivity index (χ4n) is 2.70. The van der Waals surface area contributed by atoms with Gasteiger partial charge < -0.3 is 10.6 Å². The van der Waals surface area contributed by atoms with E-state index in [-0.39, 0.29) is 17.6 Å². The highest BCUT2D eigenvalue weighted by molar-refractivity contribution is 6.17. The lowest BCUT2D eigenvalue weighted by Gasteiger charge is -2.16. The Morgan fingerprint density at radius 1 is 0.920 bits per heavy atom. The Bertz CT molecular complexity index is 854. The minimum absolute atomic E-state index is 0.0745. The minimum atomic E-state index is -1.03. The van der Waals surface area contributed by atoms with Gasteiger partial charge in [0.15, 0.2) is 5.78 Å². The molecule has 0 heterocycles. The molecule has 2 amide bonds. The van der Waals surface area contributed by atoms with Crippen LogP contribution in [-0.2, 0) is 9.59 Å². The summed E-state index contributed by atoms with van der Waals surface area (Å²) in [6.45, 7) is 3.38. The molecule has 1 saturated carbocycles. The van der Waals surface area contributed by atoms with Crippen molar-refractivity contribution in [1.29, 1.82) is 0 Å². The normalized spacial score (nSPS) is 14.5. The van der Waals surface area contributed by atoms with Gasteiger partial charge in [-0.3, -0.25) is 14.4 Å². The molecule has 3 rings (SSSR count). The largest absolute Gasteiger partial charge is 0.325 e. The first kappa shape index (κ1) is 16.9. The van der Waals surface area contributed by atoms with Crippen LogP contribution < -0.4 is 10.6 Å². The second-order valence-electron chi connectivity index (χ2n) is 6.44. The van der Waals surface area contributed by atoms with Crippen LogP contribution in [0.25, 0.3) is 0 Å². The van der Waals surface area contributed by atoms with Crippen molar-refractivity contribution in [3.8, 4) is 0 Å². The molecule has 1 fully saturated rings. The number of hydrogen-bond acceptors (Lipinski definition) is 3. The van der Waals surface area contributed by atoms with Crippen LogP contribution in [0.5, 0.6) is 0 Å². The Labute approximate surface area is 146 Å². The molecule has 0 radical (unpaired) electrons. The van der Waals surface area contributed by atoms with Crippen molar-refractivity contribution in [2.24, 2.45) is 5.41 Å². The standard InChI is InChI=1S/C20H20N2O3/c1-13-6-3-4-9-17(13)22-19(25)20(10-11-20)18(24)21-16-8-5-7-15(12-16)14(2)23/h3-9,12H,10-11H2,1-2H3,(H,21,24)(H,22,25). The van der Waals surface area contributed by atoms with Crippen LogP contribution in [0.1, 0.15) is 35.7 Å². The molecule has 128 valence electrons. The third-order valence-corrected chi connectivity index (χ3v) is 4.54. The Morgan fingerprint density at radius 3 is 2.24 bits per heavy atom. The molecule has 1 aliphatic carbocycles. The van der Waals surface area contributed by atoms with Gasteiger partial charge in [0, 0.05) is 16.9 Å². The average molecular weight is 336 g/mol. The summed E-state index contributed by atoms with van der Waals surface area (Å²) < 4.78 is 0. The van der Waals surface area contributed by atoms with Crippen molar-refractivity contribution in [2.75, 3.05) is 10.6 Å². The number of carbonyl (C=O) groups excluding carboxylic acids is 3. The number of hydrogen-bond donors (Lipinski definition) is 2. The van der Waals surface area contributed by atoms with Crippen LogP contribution in [0.4, 0.5) is 11.4 Å². The number of nitrogens with one attached hydrogen (secondary N) is 2. The molecule has 5 nitrogen and oxygen atoms in total. The Kier molecular flexibility index (Phi) is 4.40. The molecule has 0 spiro atoms. The molecule has 1 aliphatic rings. The molecule has 0 unspecified atom stereocenters. The number of para-hydroxylation sites is 1. The lowest BCUT2D eigenvalue weighted by atomic mass is 10.0. The summed E-state index contributed by atoms with van der Waals surface area (Å²) in [6.07, 6.45) is 1.03. The van der Waals surface area contributed by atoms with E-state index in [1.165, 1.54) is 6.92 Å². The number of amides is 2. The number of ketones is 1. The molecule has 0 aromatic heterocycles. The number of carbonyl (C=O) groups is 3. The van der Waals surface area contributed by atoms with E-state index in [0.29, 0.717) is 29.8 Å². The summed E-state index contributed by atoms with van der Waals surface area (Å²) >= 11 is 0. The number of benzene rings is 2.